The Labute approximate surface area is 149 Å². The van der Waals surface area contributed by atoms with Crippen molar-refractivity contribution in [2.24, 2.45) is 0 Å². The number of ether oxygens (including phenoxy) is 2. The van der Waals surface area contributed by atoms with Crippen molar-refractivity contribution < 1.29 is 14.3 Å². The fourth-order valence-corrected chi connectivity index (χ4v) is 3.56. The molecule has 1 fully saturated rings. The third kappa shape index (κ3) is 4.14. The first-order valence-corrected chi connectivity index (χ1v) is 8.59. The summed E-state index contributed by atoms with van der Waals surface area (Å²) in [6.45, 7) is 2.05. The Balaban J connectivity index is 0.00000208. The summed E-state index contributed by atoms with van der Waals surface area (Å²) >= 11 is 0. The summed E-state index contributed by atoms with van der Waals surface area (Å²) in [5.41, 5.74) is 0.897. The van der Waals surface area contributed by atoms with Crippen LogP contribution in [0.1, 0.15) is 44.1 Å². The molecular weight excluding hydrogens is 328 g/mol. The van der Waals surface area contributed by atoms with E-state index in [1.807, 2.05) is 19.2 Å². The first-order chi connectivity index (χ1) is 11.2. The van der Waals surface area contributed by atoms with Crippen molar-refractivity contribution in [3.63, 3.8) is 0 Å². The van der Waals surface area contributed by atoms with Gasteiger partial charge in [-0.2, -0.15) is 0 Å². The number of carbonyl (C=O) groups excluding carboxylic acids is 1. The van der Waals surface area contributed by atoms with Crippen molar-refractivity contribution in [3.05, 3.63) is 23.8 Å². The molecular formula is C18H27ClN2O3. The summed E-state index contributed by atoms with van der Waals surface area (Å²) < 4.78 is 11.3. The van der Waals surface area contributed by atoms with Crippen LogP contribution in [-0.4, -0.2) is 32.7 Å². The second-order valence-corrected chi connectivity index (χ2v) is 6.40. The monoisotopic (exact) mass is 354 g/mol. The van der Waals surface area contributed by atoms with Gasteiger partial charge in [0.2, 0.25) is 5.91 Å². The Kier molecular flexibility index (Phi) is 6.75. The Morgan fingerprint density at radius 3 is 2.58 bits per heavy atom. The number of fused-ring (bicyclic) bond motifs is 1. The highest BCUT2D eigenvalue weighted by atomic mass is 35.5. The lowest BCUT2D eigenvalue weighted by atomic mass is 9.87. The minimum absolute atomic E-state index is 0. The fourth-order valence-electron chi connectivity index (χ4n) is 3.56. The van der Waals surface area contributed by atoms with E-state index >= 15 is 0 Å². The van der Waals surface area contributed by atoms with Crippen molar-refractivity contribution in [1.82, 2.24) is 10.6 Å². The van der Waals surface area contributed by atoms with Crippen molar-refractivity contribution in [2.75, 3.05) is 26.8 Å². The average Bonchev–Trinajstić information content (AvgIpc) is 3.04. The molecule has 0 bridgehead atoms. The zero-order valence-corrected chi connectivity index (χ0v) is 15.0. The van der Waals surface area contributed by atoms with Gasteiger partial charge in [0.15, 0.2) is 11.5 Å². The number of amides is 1. The van der Waals surface area contributed by atoms with Gasteiger partial charge in [-0.3, -0.25) is 4.79 Å². The average molecular weight is 355 g/mol. The SMILES string of the molecule is CNCCCC(=O)NC1(c2ccc3c(c2)OCCO3)CCCC1.Cl. The quantitative estimate of drug-likeness (QED) is 0.771. The maximum Gasteiger partial charge on any atom is 0.220 e. The summed E-state index contributed by atoms with van der Waals surface area (Å²) in [6.07, 6.45) is 5.69. The van der Waals surface area contributed by atoms with Crippen molar-refractivity contribution in [3.8, 4) is 11.5 Å². The summed E-state index contributed by atoms with van der Waals surface area (Å²) in [5.74, 6) is 1.73. The van der Waals surface area contributed by atoms with Crippen LogP contribution in [0.4, 0.5) is 0 Å². The van der Waals surface area contributed by atoms with Crippen LogP contribution in [0.25, 0.3) is 0 Å². The molecule has 2 N–H and O–H groups in total. The zero-order valence-electron chi connectivity index (χ0n) is 14.2. The normalized spacial score (nSPS) is 17.9. The number of halogens is 1. The van der Waals surface area contributed by atoms with Gasteiger partial charge in [0, 0.05) is 6.42 Å². The van der Waals surface area contributed by atoms with Crippen LogP contribution >= 0.6 is 12.4 Å². The van der Waals surface area contributed by atoms with Gasteiger partial charge in [-0.25, -0.2) is 0 Å². The molecule has 1 aliphatic heterocycles. The third-order valence-electron chi connectivity index (χ3n) is 4.76. The zero-order chi connectivity index (χ0) is 16.1. The molecule has 1 aromatic carbocycles. The molecule has 1 saturated carbocycles. The molecule has 6 heteroatoms. The molecule has 0 unspecified atom stereocenters. The van der Waals surface area contributed by atoms with Gasteiger partial charge in [-0.15, -0.1) is 12.4 Å². The van der Waals surface area contributed by atoms with E-state index < -0.39 is 0 Å². The number of hydrogen-bond acceptors (Lipinski definition) is 4. The molecule has 0 aromatic heterocycles. The van der Waals surface area contributed by atoms with Gasteiger partial charge in [0.1, 0.15) is 13.2 Å². The molecule has 2 aliphatic rings. The van der Waals surface area contributed by atoms with Crippen LogP contribution in [0.15, 0.2) is 18.2 Å². The van der Waals surface area contributed by atoms with Gasteiger partial charge in [0.25, 0.3) is 0 Å². The molecule has 3 rings (SSSR count). The summed E-state index contributed by atoms with van der Waals surface area (Å²) in [7, 11) is 1.91. The molecule has 1 amide bonds. The van der Waals surface area contributed by atoms with Gasteiger partial charge in [-0.1, -0.05) is 18.9 Å². The Hall–Kier alpha value is -1.46. The van der Waals surface area contributed by atoms with Crippen LogP contribution in [-0.2, 0) is 10.3 Å². The molecule has 0 saturated heterocycles. The Morgan fingerprint density at radius 1 is 1.17 bits per heavy atom. The lowest BCUT2D eigenvalue weighted by Crippen LogP contribution is -2.44. The molecule has 0 radical (unpaired) electrons. The molecule has 24 heavy (non-hydrogen) atoms. The van der Waals surface area contributed by atoms with E-state index in [-0.39, 0.29) is 23.9 Å². The third-order valence-corrected chi connectivity index (χ3v) is 4.76. The van der Waals surface area contributed by atoms with Crippen LogP contribution in [0.5, 0.6) is 11.5 Å². The molecule has 0 spiro atoms. The van der Waals surface area contributed by atoms with E-state index in [2.05, 4.69) is 16.7 Å². The fraction of sp³-hybridized carbons (Fsp3) is 0.611. The summed E-state index contributed by atoms with van der Waals surface area (Å²) in [4.78, 5) is 12.3. The summed E-state index contributed by atoms with van der Waals surface area (Å²) in [6, 6.07) is 6.09. The topological polar surface area (TPSA) is 59.6 Å². The lowest BCUT2D eigenvalue weighted by Gasteiger charge is -2.32. The van der Waals surface area contributed by atoms with Gasteiger partial charge in [-0.05, 0) is 50.6 Å². The van der Waals surface area contributed by atoms with Crippen molar-refractivity contribution in [2.45, 2.75) is 44.1 Å². The van der Waals surface area contributed by atoms with Crippen LogP contribution in [0, 0.1) is 0 Å². The van der Waals surface area contributed by atoms with E-state index in [0.29, 0.717) is 19.6 Å². The molecule has 1 heterocycles. The maximum absolute atomic E-state index is 12.3. The highest BCUT2D eigenvalue weighted by molar-refractivity contribution is 5.85. The molecule has 5 nitrogen and oxygen atoms in total. The number of hydrogen-bond donors (Lipinski definition) is 2. The number of carbonyl (C=O) groups is 1. The molecule has 0 atom stereocenters. The smallest absolute Gasteiger partial charge is 0.220 e. The number of nitrogens with one attached hydrogen (secondary N) is 2. The van der Waals surface area contributed by atoms with Crippen molar-refractivity contribution in [1.29, 1.82) is 0 Å². The Bertz CT molecular complexity index is 559. The maximum atomic E-state index is 12.3. The van der Waals surface area contributed by atoms with E-state index in [1.165, 1.54) is 0 Å². The van der Waals surface area contributed by atoms with Crippen LogP contribution < -0.4 is 20.1 Å². The first-order valence-electron chi connectivity index (χ1n) is 8.59. The number of rotatable bonds is 6. The number of benzene rings is 1. The highest BCUT2D eigenvalue weighted by Gasteiger charge is 2.37. The van der Waals surface area contributed by atoms with E-state index in [1.54, 1.807) is 0 Å². The highest BCUT2D eigenvalue weighted by Crippen LogP contribution is 2.42. The molecule has 1 aromatic rings. The molecule has 134 valence electrons. The molecule has 1 aliphatic carbocycles. The van der Waals surface area contributed by atoms with E-state index in [9.17, 15) is 4.79 Å². The van der Waals surface area contributed by atoms with E-state index in [0.717, 1.165) is 55.7 Å². The minimum atomic E-state index is -0.243. The summed E-state index contributed by atoms with van der Waals surface area (Å²) in [5, 5.41) is 6.39. The van der Waals surface area contributed by atoms with E-state index in [4.69, 9.17) is 9.47 Å². The van der Waals surface area contributed by atoms with Crippen molar-refractivity contribution >= 4 is 18.3 Å². The van der Waals surface area contributed by atoms with Gasteiger partial charge in [0.05, 0.1) is 5.54 Å². The lowest BCUT2D eigenvalue weighted by molar-refractivity contribution is -0.123. The second kappa shape index (κ2) is 8.58. The standard InChI is InChI=1S/C18H26N2O3.ClH/c1-19-10-4-5-17(21)20-18(8-2-3-9-18)14-6-7-15-16(13-14)23-12-11-22-15;/h6-7,13,19H,2-5,8-12H2,1H3,(H,20,21);1H. The van der Waals surface area contributed by atoms with Gasteiger partial charge < -0.3 is 20.1 Å². The predicted octanol–water partition coefficient (Wildman–Crippen LogP) is 2.76. The first kappa shape index (κ1) is 18.9. The Morgan fingerprint density at radius 2 is 1.88 bits per heavy atom. The second-order valence-electron chi connectivity index (χ2n) is 6.40. The minimum Gasteiger partial charge on any atom is -0.486 e. The predicted molar refractivity (Wildman–Crippen MR) is 96.1 cm³/mol. The largest absolute Gasteiger partial charge is 0.486 e. The van der Waals surface area contributed by atoms with Crippen LogP contribution in [0.2, 0.25) is 0 Å². The van der Waals surface area contributed by atoms with Gasteiger partial charge >= 0.3 is 0 Å². The van der Waals surface area contributed by atoms with Crippen LogP contribution in [0.3, 0.4) is 0 Å².